The van der Waals surface area contributed by atoms with Gasteiger partial charge in [-0.05, 0) is 44.2 Å². The molecule has 1 N–H and O–H groups in total. The summed E-state index contributed by atoms with van der Waals surface area (Å²) in [6.45, 7) is 3.33. The first kappa shape index (κ1) is 16.8. The van der Waals surface area contributed by atoms with Crippen molar-refractivity contribution in [2.24, 2.45) is 5.10 Å². The third-order valence-corrected chi connectivity index (χ3v) is 3.81. The minimum absolute atomic E-state index is 0.00422. The molecule has 0 atom stereocenters. The van der Waals surface area contributed by atoms with Gasteiger partial charge in [-0.3, -0.25) is 4.79 Å². The van der Waals surface area contributed by atoms with Gasteiger partial charge in [0.2, 0.25) is 0 Å². The average Bonchev–Trinajstić information content (AvgIpc) is 2.90. The molecule has 0 aliphatic rings. The molecule has 0 spiro atoms. The van der Waals surface area contributed by atoms with Gasteiger partial charge in [-0.25, -0.2) is 19.2 Å². The zero-order valence-electron chi connectivity index (χ0n) is 13.8. The van der Waals surface area contributed by atoms with Crippen molar-refractivity contribution in [1.29, 1.82) is 0 Å². The van der Waals surface area contributed by atoms with Gasteiger partial charge in [-0.2, -0.15) is 5.10 Å². The monoisotopic (exact) mass is 342 g/mol. The van der Waals surface area contributed by atoms with Crippen LogP contribution in [0, 0.1) is 18.6 Å². The van der Waals surface area contributed by atoms with Crippen LogP contribution in [0.3, 0.4) is 0 Å². The van der Waals surface area contributed by atoms with Crippen molar-refractivity contribution in [3.63, 3.8) is 0 Å². The predicted octanol–water partition coefficient (Wildman–Crippen LogP) is 3.16. The number of fused-ring (bicyclic) bond motifs is 1. The molecule has 25 heavy (non-hydrogen) atoms. The molecular weight excluding hydrogens is 326 g/mol. The Morgan fingerprint density at radius 1 is 1.24 bits per heavy atom. The van der Waals surface area contributed by atoms with Crippen LogP contribution in [-0.4, -0.2) is 21.2 Å². The fraction of sp³-hybridized carbons (Fsp3) is 0.167. The molecule has 0 radical (unpaired) electrons. The molecule has 3 aromatic rings. The van der Waals surface area contributed by atoms with Crippen molar-refractivity contribution in [2.45, 2.75) is 20.4 Å². The molecule has 0 saturated heterocycles. The van der Waals surface area contributed by atoms with Gasteiger partial charge in [-0.1, -0.05) is 12.1 Å². The van der Waals surface area contributed by atoms with Crippen LogP contribution in [0.2, 0.25) is 0 Å². The number of benzene rings is 2. The first-order chi connectivity index (χ1) is 12.0. The van der Waals surface area contributed by atoms with E-state index in [1.54, 1.807) is 4.57 Å². The van der Waals surface area contributed by atoms with E-state index in [0.717, 1.165) is 29.2 Å². The molecule has 7 heteroatoms. The number of hydrazone groups is 1. The summed E-state index contributed by atoms with van der Waals surface area (Å²) >= 11 is 0. The Bertz CT molecular complexity index is 978. The number of aromatic nitrogens is 2. The third-order valence-electron chi connectivity index (χ3n) is 3.81. The molecule has 1 aromatic heterocycles. The molecule has 0 aliphatic carbocycles. The number of amides is 1. The number of rotatable bonds is 4. The summed E-state index contributed by atoms with van der Waals surface area (Å²) in [5.41, 5.74) is 4.19. The maximum Gasteiger partial charge on any atom is 0.260 e. The van der Waals surface area contributed by atoms with E-state index in [-0.39, 0.29) is 23.7 Å². The predicted molar refractivity (Wildman–Crippen MR) is 91.2 cm³/mol. The van der Waals surface area contributed by atoms with E-state index in [4.69, 9.17) is 0 Å². The topological polar surface area (TPSA) is 59.3 Å². The van der Waals surface area contributed by atoms with Gasteiger partial charge in [0.15, 0.2) is 0 Å². The lowest BCUT2D eigenvalue weighted by atomic mass is 10.1. The summed E-state index contributed by atoms with van der Waals surface area (Å²) in [6, 6.07) is 10.6. The minimum Gasteiger partial charge on any atom is -0.319 e. The minimum atomic E-state index is -0.603. The van der Waals surface area contributed by atoms with E-state index in [1.807, 2.05) is 31.2 Å². The van der Waals surface area contributed by atoms with Crippen LogP contribution in [-0.2, 0) is 11.3 Å². The van der Waals surface area contributed by atoms with Crippen LogP contribution in [0.4, 0.5) is 8.78 Å². The van der Waals surface area contributed by atoms with Gasteiger partial charge < -0.3 is 4.57 Å². The van der Waals surface area contributed by atoms with E-state index in [1.165, 1.54) is 6.92 Å². The number of carbonyl (C=O) groups is 1. The summed E-state index contributed by atoms with van der Waals surface area (Å²) in [4.78, 5) is 16.5. The van der Waals surface area contributed by atoms with Gasteiger partial charge in [0, 0.05) is 5.56 Å². The van der Waals surface area contributed by atoms with E-state index < -0.39 is 11.6 Å². The number of para-hydroxylation sites is 2. The molecule has 0 saturated carbocycles. The van der Waals surface area contributed by atoms with Gasteiger partial charge in [-0.15, -0.1) is 0 Å². The van der Waals surface area contributed by atoms with Crippen molar-refractivity contribution in [3.8, 4) is 0 Å². The van der Waals surface area contributed by atoms with Crippen molar-refractivity contribution in [1.82, 2.24) is 15.0 Å². The highest BCUT2D eigenvalue weighted by Gasteiger charge is 2.11. The SMILES string of the molecule is C/C(=N/NC(=O)Cn1c(C)nc2ccccc21)c1cc(F)ccc1F. The van der Waals surface area contributed by atoms with E-state index in [0.29, 0.717) is 5.82 Å². The zero-order chi connectivity index (χ0) is 18.0. The lowest BCUT2D eigenvalue weighted by Gasteiger charge is -2.07. The molecule has 0 unspecified atom stereocenters. The second-order valence-electron chi connectivity index (χ2n) is 5.59. The Morgan fingerprint density at radius 2 is 2.00 bits per heavy atom. The average molecular weight is 342 g/mol. The Morgan fingerprint density at radius 3 is 2.80 bits per heavy atom. The van der Waals surface area contributed by atoms with Gasteiger partial charge >= 0.3 is 0 Å². The number of aryl methyl sites for hydroxylation is 1. The number of nitrogens with zero attached hydrogens (tertiary/aromatic N) is 3. The van der Waals surface area contributed by atoms with Gasteiger partial charge in [0.05, 0.1) is 16.7 Å². The highest BCUT2D eigenvalue weighted by molar-refractivity contribution is 5.99. The Hall–Kier alpha value is -3.09. The van der Waals surface area contributed by atoms with E-state index >= 15 is 0 Å². The lowest BCUT2D eigenvalue weighted by Crippen LogP contribution is -2.25. The van der Waals surface area contributed by atoms with Crippen LogP contribution in [0.5, 0.6) is 0 Å². The quantitative estimate of drug-likeness (QED) is 0.585. The second-order valence-corrected chi connectivity index (χ2v) is 5.59. The zero-order valence-corrected chi connectivity index (χ0v) is 13.8. The number of hydrogen-bond donors (Lipinski definition) is 1. The summed E-state index contributed by atoms with van der Waals surface area (Å²) < 4.78 is 28.7. The standard InChI is InChI=1S/C18H16F2N4O/c1-11(14-9-13(19)7-8-15(14)20)22-23-18(25)10-24-12(2)21-16-5-3-4-6-17(16)24/h3-9H,10H2,1-2H3,(H,23,25)/b22-11-. The largest absolute Gasteiger partial charge is 0.319 e. The number of carbonyl (C=O) groups excluding carboxylic acids is 1. The number of hydrogen-bond acceptors (Lipinski definition) is 3. The number of nitrogens with one attached hydrogen (secondary N) is 1. The van der Waals surface area contributed by atoms with Crippen LogP contribution in [0.15, 0.2) is 47.6 Å². The van der Waals surface area contributed by atoms with Crippen molar-refractivity contribution in [3.05, 3.63) is 65.5 Å². The third kappa shape index (κ3) is 3.55. The second kappa shape index (κ2) is 6.80. The van der Waals surface area contributed by atoms with Crippen LogP contribution in [0.1, 0.15) is 18.3 Å². The molecular formula is C18H16F2N4O. The molecule has 0 bridgehead atoms. The van der Waals surface area contributed by atoms with Crippen LogP contribution >= 0.6 is 0 Å². The normalized spacial score (nSPS) is 11.8. The molecule has 2 aromatic carbocycles. The fourth-order valence-corrected chi connectivity index (χ4v) is 2.56. The molecule has 5 nitrogen and oxygen atoms in total. The molecule has 1 heterocycles. The van der Waals surface area contributed by atoms with Crippen LogP contribution < -0.4 is 5.43 Å². The van der Waals surface area contributed by atoms with E-state index in [9.17, 15) is 13.6 Å². The number of halogens is 2. The smallest absolute Gasteiger partial charge is 0.260 e. The van der Waals surface area contributed by atoms with Gasteiger partial charge in [0.25, 0.3) is 5.91 Å². The molecule has 0 fully saturated rings. The lowest BCUT2D eigenvalue weighted by molar-refractivity contribution is -0.121. The highest BCUT2D eigenvalue weighted by Crippen LogP contribution is 2.15. The van der Waals surface area contributed by atoms with Crippen molar-refractivity contribution < 1.29 is 13.6 Å². The molecule has 3 rings (SSSR count). The summed E-state index contributed by atoms with van der Waals surface area (Å²) in [6.07, 6.45) is 0. The van der Waals surface area contributed by atoms with Crippen molar-refractivity contribution >= 4 is 22.7 Å². The van der Waals surface area contributed by atoms with Crippen LogP contribution in [0.25, 0.3) is 11.0 Å². The number of imidazole rings is 1. The maximum atomic E-state index is 13.7. The Balaban J connectivity index is 1.76. The Kier molecular flexibility index (Phi) is 4.56. The fourth-order valence-electron chi connectivity index (χ4n) is 2.56. The van der Waals surface area contributed by atoms with Crippen molar-refractivity contribution in [2.75, 3.05) is 0 Å². The molecule has 128 valence electrons. The summed E-state index contributed by atoms with van der Waals surface area (Å²) in [7, 11) is 0. The van der Waals surface area contributed by atoms with E-state index in [2.05, 4.69) is 15.5 Å². The maximum absolute atomic E-state index is 13.7. The first-order valence-corrected chi connectivity index (χ1v) is 7.66. The highest BCUT2D eigenvalue weighted by atomic mass is 19.1. The summed E-state index contributed by atoms with van der Waals surface area (Å²) in [5, 5.41) is 3.86. The first-order valence-electron chi connectivity index (χ1n) is 7.66. The molecule has 0 aliphatic heterocycles. The molecule has 1 amide bonds. The Labute approximate surface area is 143 Å². The summed E-state index contributed by atoms with van der Waals surface area (Å²) in [5.74, 6) is -0.859. The van der Waals surface area contributed by atoms with Gasteiger partial charge in [0.1, 0.15) is 24.0 Å².